The molecule has 0 bridgehead atoms. The Labute approximate surface area is 166 Å². The lowest BCUT2D eigenvalue weighted by molar-refractivity contribution is -0.137. The number of carbonyl (C=O) groups is 1. The molecule has 0 atom stereocenters. The number of amides is 1. The number of halogens is 3. The molecule has 0 saturated heterocycles. The Bertz CT molecular complexity index is 1080. The highest BCUT2D eigenvalue weighted by Gasteiger charge is 2.30. The van der Waals surface area contributed by atoms with Crippen molar-refractivity contribution < 1.29 is 18.0 Å². The molecule has 3 rings (SSSR count). The van der Waals surface area contributed by atoms with E-state index in [2.05, 4.69) is 27.1 Å². The third kappa shape index (κ3) is 4.04. The van der Waals surface area contributed by atoms with E-state index in [0.717, 1.165) is 24.3 Å². The average Bonchev–Trinajstić information content (AvgIpc) is 3.17. The standard InChI is InChI=1S/C17H14F3N5OS2/c1-3-8-25-13(23-24-16(25)27)12-9(2)21-15(28-12)22-14(26)10-4-6-11(7-5-10)17(18,19)20/h3-7H,1,8H2,2H3,(H,24,27)(H,21,22,26). The van der Waals surface area contributed by atoms with Crippen molar-refractivity contribution in [2.75, 3.05) is 5.32 Å². The van der Waals surface area contributed by atoms with E-state index in [1.165, 1.54) is 11.3 Å². The van der Waals surface area contributed by atoms with E-state index < -0.39 is 17.6 Å². The third-order valence-electron chi connectivity index (χ3n) is 3.76. The van der Waals surface area contributed by atoms with Crippen LogP contribution in [0.1, 0.15) is 21.6 Å². The topological polar surface area (TPSA) is 75.6 Å². The molecule has 28 heavy (non-hydrogen) atoms. The Kier molecular flexibility index (Phi) is 5.47. The number of aromatic nitrogens is 4. The van der Waals surface area contributed by atoms with Gasteiger partial charge in [-0.25, -0.2) is 4.98 Å². The summed E-state index contributed by atoms with van der Waals surface area (Å²) in [5.41, 5.74) is -0.0924. The lowest BCUT2D eigenvalue weighted by Gasteiger charge is -2.07. The molecule has 0 aliphatic carbocycles. The molecular formula is C17H14F3N5OS2. The maximum absolute atomic E-state index is 12.6. The van der Waals surface area contributed by atoms with Gasteiger partial charge in [-0.3, -0.25) is 19.8 Å². The predicted molar refractivity (Wildman–Crippen MR) is 103 cm³/mol. The number of allylic oxidation sites excluding steroid dienone is 1. The number of rotatable bonds is 5. The van der Waals surface area contributed by atoms with E-state index in [0.29, 0.717) is 32.8 Å². The van der Waals surface area contributed by atoms with Crippen molar-refractivity contribution >= 4 is 34.6 Å². The first kappa shape index (κ1) is 20.0. The minimum Gasteiger partial charge on any atom is -0.298 e. The fraction of sp³-hybridized carbons (Fsp3) is 0.176. The van der Waals surface area contributed by atoms with Gasteiger partial charge in [-0.05, 0) is 43.4 Å². The number of carbonyl (C=O) groups excluding carboxylic acids is 1. The lowest BCUT2D eigenvalue weighted by atomic mass is 10.1. The number of nitrogens with zero attached hydrogens (tertiary/aromatic N) is 3. The molecule has 1 aromatic carbocycles. The molecule has 0 fully saturated rings. The van der Waals surface area contributed by atoms with Gasteiger partial charge in [0.15, 0.2) is 15.7 Å². The van der Waals surface area contributed by atoms with Crippen molar-refractivity contribution in [3.8, 4) is 10.7 Å². The van der Waals surface area contributed by atoms with Crippen molar-refractivity contribution in [3.05, 3.63) is 58.5 Å². The molecule has 146 valence electrons. The SMILES string of the molecule is C=CCn1c(-c2sc(NC(=O)c3ccc(C(F)(F)F)cc3)nc2C)n[nH]c1=S. The summed E-state index contributed by atoms with van der Waals surface area (Å²) in [6.07, 6.45) is -2.78. The van der Waals surface area contributed by atoms with Crippen molar-refractivity contribution in [1.82, 2.24) is 19.7 Å². The number of hydrogen-bond donors (Lipinski definition) is 2. The molecule has 3 aromatic rings. The highest BCUT2D eigenvalue weighted by atomic mass is 32.1. The lowest BCUT2D eigenvalue weighted by Crippen LogP contribution is -2.12. The maximum atomic E-state index is 12.6. The first-order valence-corrected chi connectivity index (χ1v) is 9.15. The van der Waals surface area contributed by atoms with Gasteiger partial charge in [-0.15, -0.1) is 6.58 Å². The van der Waals surface area contributed by atoms with Crippen molar-refractivity contribution in [3.63, 3.8) is 0 Å². The normalized spacial score (nSPS) is 11.4. The van der Waals surface area contributed by atoms with E-state index >= 15 is 0 Å². The van der Waals surface area contributed by atoms with Gasteiger partial charge in [-0.2, -0.15) is 18.3 Å². The van der Waals surface area contributed by atoms with Crippen molar-refractivity contribution in [2.45, 2.75) is 19.6 Å². The Morgan fingerprint density at radius 1 is 1.39 bits per heavy atom. The van der Waals surface area contributed by atoms with Crippen LogP contribution in [0.5, 0.6) is 0 Å². The number of hydrogen-bond acceptors (Lipinski definition) is 5. The smallest absolute Gasteiger partial charge is 0.298 e. The number of nitrogens with one attached hydrogen (secondary N) is 2. The number of H-pyrrole nitrogens is 1. The van der Waals surface area contributed by atoms with E-state index in [1.807, 2.05) is 0 Å². The molecule has 0 radical (unpaired) electrons. The molecule has 0 saturated carbocycles. The molecule has 0 aliphatic rings. The summed E-state index contributed by atoms with van der Waals surface area (Å²) in [4.78, 5) is 17.3. The maximum Gasteiger partial charge on any atom is 0.416 e. The second-order valence-electron chi connectivity index (χ2n) is 5.71. The van der Waals surface area contributed by atoms with Gasteiger partial charge in [0.25, 0.3) is 5.91 Å². The Morgan fingerprint density at radius 3 is 2.68 bits per heavy atom. The molecular weight excluding hydrogens is 411 g/mol. The summed E-state index contributed by atoms with van der Waals surface area (Å²) >= 11 is 6.38. The summed E-state index contributed by atoms with van der Waals surface area (Å²) in [5, 5.41) is 9.81. The van der Waals surface area contributed by atoms with Crippen LogP contribution in [0.2, 0.25) is 0 Å². The van der Waals surface area contributed by atoms with Gasteiger partial charge in [0.1, 0.15) is 0 Å². The van der Waals surface area contributed by atoms with E-state index in [9.17, 15) is 18.0 Å². The van der Waals surface area contributed by atoms with Crippen LogP contribution >= 0.6 is 23.6 Å². The summed E-state index contributed by atoms with van der Waals surface area (Å²) in [6, 6.07) is 3.96. The molecule has 2 heterocycles. The number of aromatic amines is 1. The third-order valence-corrected chi connectivity index (χ3v) is 5.14. The molecule has 2 aromatic heterocycles. The second kappa shape index (κ2) is 7.68. The van der Waals surface area contributed by atoms with Crippen molar-refractivity contribution in [1.29, 1.82) is 0 Å². The number of anilines is 1. The summed E-state index contributed by atoms with van der Waals surface area (Å²) in [5.74, 6) is 0.00825. The highest BCUT2D eigenvalue weighted by Crippen LogP contribution is 2.32. The number of benzene rings is 1. The highest BCUT2D eigenvalue weighted by molar-refractivity contribution is 7.71. The van der Waals surface area contributed by atoms with Crippen LogP contribution < -0.4 is 5.32 Å². The fourth-order valence-electron chi connectivity index (χ4n) is 2.43. The van der Waals surface area contributed by atoms with Crippen LogP contribution in [0, 0.1) is 11.7 Å². The van der Waals surface area contributed by atoms with E-state index in [4.69, 9.17) is 12.2 Å². The first-order chi connectivity index (χ1) is 13.2. The molecule has 0 unspecified atom stereocenters. The van der Waals surface area contributed by atoms with Gasteiger partial charge < -0.3 is 0 Å². The summed E-state index contributed by atoms with van der Waals surface area (Å²) < 4.78 is 40.1. The minimum absolute atomic E-state index is 0.0942. The van der Waals surface area contributed by atoms with Gasteiger partial charge in [0.2, 0.25) is 0 Å². The van der Waals surface area contributed by atoms with Gasteiger partial charge >= 0.3 is 6.18 Å². The van der Waals surface area contributed by atoms with Gasteiger partial charge in [0, 0.05) is 12.1 Å². The number of alkyl halides is 3. The van der Waals surface area contributed by atoms with Crippen LogP contribution in [-0.4, -0.2) is 25.7 Å². The number of thiazole rings is 1. The van der Waals surface area contributed by atoms with Gasteiger partial charge in [-0.1, -0.05) is 17.4 Å². The largest absolute Gasteiger partial charge is 0.416 e. The Hall–Kier alpha value is -2.79. The molecule has 11 heteroatoms. The zero-order valence-corrected chi connectivity index (χ0v) is 16.1. The zero-order valence-electron chi connectivity index (χ0n) is 14.5. The Balaban J connectivity index is 1.83. The van der Waals surface area contributed by atoms with E-state index in [1.54, 1.807) is 17.6 Å². The van der Waals surface area contributed by atoms with Crippen LogP contribution in [0.4, 0.5) is 18.3 Å². The minimum atomic E-state index is -4.45. The van der Waals surface area contributed by atoms with Crippen LogP contribution in [0.15, 0.2) is 36.9 Å². The fourth-order valence-corrected chi connectivity index (χ4v) is 3.59. The quantitative estimate of drug-likeness (QED) is 0.454. The van der Waals surface area contributed by atoms with Crippen LogP contribution in [-0.2, 0) is 12.7 Å². The number of aryl methyl sites for hydroxylation is 1. The Morgan fingerprint density at radius 2 is 2.07 bits per heavy atom. The van der Waals surface area contributed by atoms with Crippen molar-refractivity contribution in [2.24, 2.45) is 0 Å². The summed E-state index contributed by atoms with van der Waals surface area (Å²) in [7, 11) is 0. The molecule has 2 N–H and O–H groups in total. The monoisotopic (exact) mass is 425 g/mol. The molecule has 6 nitrogen and oxygen atoms in total. The zero-order chi connectivity index (χ0) is 20.5. The molecule has 0 aliphatic heterocycles. The van der Waals surface area contributed by atoms with Crippen LogP contribution in [0.3, 0.4) is 0 Å². The molecule has 1 amide bonds. The van der Waals surface area contributed by atoms with Gasteiger partial charge in [0.05, 0.1) is 16.1 Å². The summed E-state index contributed by atoms with van der Waals surface area (Å²) in [6.45, 7) is 5.90. The van der Waals surface area contributed by atoms with Crippen LogP contribution in [0.25, 0.3) is 10.7 Å². The first-order valence-electron chi connectivity index (χ1n) is 7.93. The van der Waals surface area contributed by atoms with E-state index in [-0.39, 0.29) is 5.56 Å². The predicted octanol–water partition coefficient (Wildman–Crippen LogP) is 4.83. The second-order valence-corrected chi connectivity index (χ2v) is 7.10. The average molecular weight is 425 g/mol. The molecule has 0 spiro atoms.